The number of primary amides is 1. The van der Waals surface area contributed by atoms with E-state index in [0.29, 0.717) is 11.1 Å². The van der Waals surface area contributed by atoms with Crippen LogP contribution in [0.1, 0.15) is 16.2 Å². The quantitative estimate of drug-likeness (QED) is 0.710. The van der Waals surface area contributed by atoms with Crippen molar-refractivity contribution in [3.63, 3.8) is 0 Å². The first-order valence-electron chi connectivity index (χ1n) is 3.84. The number of oxazole rings is 1. The number of nitrogens with zero attached hydrogens (tertiary/aromatic N) is 1. The molecule has 66 valence electrons. The third-order valence-corrected chi connectivity index (χ3v) is 1.75. The number of hydrogen-bond donors (Lipinski definition) is 1. The number of nitrogens with two attached hydrogens (primary N) is 1. The van der Waals surface area contributed by atoms with Crippen LogP contribution in [-0.4, -0.2) is 10.9 Å². The third-order valence-electron chi connectivity index (χ3n) is 1.75. The number of carbonyl (C=O) groups excluding carboxylic acids is 1. The smallest absolute Gasteiger partial charge is 0.304 e. The number of hydrogen-bond acceptors (Lipinski definition) is 3. The molecule has 4 heteroatoms. The van der Waals surface area contributed by atoms with Gasteiger partial charge < -0.3 is 10.2 Å². The highest BCUT2D eigenvalue weighted by Gasteiger charge is 2.09. The van der Waals surface area contributed by atoms with Gasteiger partial charge in [0, 0.05) is 0 Å². The van der Waals surface area contributed by atoms with E-state index >= 15 is 0 Å². The number of rotatable bonds is 1. The number of amides is 1. The average molecular weight is 176 g/mol. The van der Waals surface area contributed by atoms with Gasteiger partial charge in [-0.2, -0.15) is 0 Å². The van der Waals surface area contributed by atoms with Crippen LogP contribution >= 0.6 is 0 Å². The predicted molar refractivity (Wildman–Crippen MR) is 47.3 cm³/mol. The molecule has 0 unspecified atom stereocenters. The van der Waals surface area contributed by atoms with Crippen molar-refractivity contribution < 1.29 is 9.21 Å². The first-order chi connectivity index (χ1) is 6.16. The lowest BCUT2D eigenvalue weighted by Gasteiger charge is -1.87. The van der Waals surface area contributed by atoms with Gasteiger partial charge in [-0.3, -0.25) is 4.79 Å². The maximum absolute atomic E-state index is 10.7. The second-order valence-electron chi connectivity index (χ2n) is 2.85. The minimum Gasteiger partial charge on any atom is -0.432 e. The molecule has 0 saturated heterocycles. The van der Waals surface area contributed by atoms with Crippen LogP contribution in [0.4, 0.5) is 0 Å². The second-order valence-corrected chi connectivity index (χ2v) is 2.85. The minimum absolute atomic E-state index is 0.0411. The van der Waals surface area contributed by atoms with Gasteiger partial charge in [0.2, 0.25) is 0 Å². The van der Waals surface area contributed by atoms with Crippen molar-refractivity contribution in [2.75, 3.05) is 0 Å². The van der Waals surface area contributed by atoms with E-state index < -0.39 is 5.91 Å². The lowest BCUT2D eigenvalue weighted by atomic mass is 10.2. The van der Waals surface area contributed by atoms with Crippen molar-refractivity contribution >= 4 is 17.0 Å². The van der Waals surface area contributed by atoms with Gasteiger partial charge >= 0.3 is 5.91 Å². The molecular weight excluding hydrogens is 168 g/mol. The van der Waals surface area contributed by atoms with Gasteiger partial charge in [0.15, 0.2) is 5.58 Å². The molecule has 0 fully saturated rings. The molecule has 0 aliphatic rings. The van der Waals surface area contributed by atoms with E-state index in [4.69, 9.17) is 10.2 Å². The molecule has 13 heavy (non-hydrogen) atoms. The molecule has 0 radical (unpaired) electrons. The maximum atomic E-state index is 10.7. The van der Waals surface area contributed by atoms with Gasteiger partial charge in [0.25, 0.3) is 5.89 Å². The zero-order valence-electron chi connectivity index (χ0n) is 7.07. The molecule has 0 aliphatic heterocycles. The van der Waals surface area contributed by atoms with Crippen LogP contribution in [-0.2, 0) is 0 Å². The molecule has 1 aromatic heterocycles. The summed E-state index contributed by atoms with van der Waals surface area (Å²) in [5.41, 5.74) is 7.32. The van der Waals surface area contributed by atoms with Crippen LogP contribution in [0.3, 0.4) is 0 Å². The summed E-state index contributed by atoms with van der Waals surface area (Å²) in [6.07, 6.45) is 0. The van der Waals surface area contributed by atoms with E-state index in [2.05, 4.69) is 4.98 Å². The highest BCUT2D eigenvalue weighted by Crippen LogP contribution is 2.16. The van der Waals surface area contributed by atoms with Crippen molar-refractivity contribution in [2.45, 2.75) is 6.92 Å². The summed E-state index contributed by atoms with van der Waals surface area (Å²) in [6, 6.07) is 5.50. The first-order valence-corrected chi connectivity index (χ1v) is 3.84. The Morgan fingerprint density at radius 1 is 1.54 bits per heavy atom. The van der Waals surface area contributed by atoms with Crippen LogP contribution in [0.5, 0.6) is 0 Å². The minimum atomic E-state index is -0.645. The zero-order chi connectivity index (χ0) is 9.42. The Bertz CT molecular complexity index is 473. The first kappa shape index (κ1) is 7.79. The highest BCUT2D eigenvalue weighted by atomic mass is 16.4. The van der Waals surface area contributed by atoms with Crippen LogP contribution in [0.25, 0.3) is 11.1 Å². The largest absolute Gasteiger partial charge is 0.432 e. The predicted octanol–water partition coefficient (Wildman–Crippen LogP) is 1.24. The standard InChI is InChI=1S/C9H8N2O2/c1-5-2-3-6-7(4-5)13-9(11-6)8(10)12/h2-4H,1H3,(H2,10,12). The van der Waals surface area contributed by atoms with Gasteiger partial charge in [0.1, 0.15) is 5.52 Å². The van der Waals surface area contributed by atoms with Crippen LogP contribution < -0.4 is 5.73 Å². The second kappa shape index (κ2) is 2.58. The Kier molecular flexibility index (Phi) is 1.55. The number of aryl methyl sites for hydroxylation is 1. The Hall–Kier alpha value is -1.84. The Morgan fingerprint density at radius 2 is 2.31 bits per heavy atom. The fourth-order valence-corrected chi connectivity index (χ4v) is 1.14. The van der Waals surface area contributed by atoms with Gasteiger partial charge in [-0.1, -0.05) is 6.07 Å². The Labute approximate surface area is 74.4 Å². The molecule has 1 heterocycles. The van der Waals surface area contributed by atoms with Gasteiger partial charge in [0.05, 0.1) is 0 Å². The summed E-state index contributed by atoms with van der Waals surface area (Å²) in [5.74, 6) is -0.686. The lowest BCUT2D eigenvalue weighted by Crippen LogP contribution is -2.10. The van der Waals surface area contributed by atoms with Crippen molar-refractivity contribution in [3.05, 3.63) is 29.7 Å². The third kappa shape index (κ3) is 1.26. The number of aromatic nitrogens is 1. The van der Waals surface area contributed by atoms with Crippen LogP contribution in [0.2, 0.25) is 0 Å². The summed E-state index contributed by atoms with van der Waals surface area (Å²) < 4.78 is 5.12. The molecule has 2 N–H and O–H groups in total. The van der Waals surface area contributed by atoms with Gasteiger partial charge in [-0.25, -0.2) is 4.98 Å². The van der Waals surface area contributed by atoms with Crippen molar-refractivity contribution in [2.24, 2.45) is 5.73 Å². The van der Waals surface area contributed by atoms with E-state index in [-0.39, 0.29) is 5.89 Å². The topological polar surface area (TPSA) is 69.1 Å². The Balaban J connectivity index is 2.68. The molecule has 0 atom stereocenters. The summed E-state index contributed by atoms with van der Waals surface area (Å²) in [6.45, 7) is 1.94. The summed E-state index contributed by atoms with van der Waals surface area (Å²) in [7, 11) is 0. The molecule has 0 bridgehead atoms. The normalized spacial score (nSPS) is 10.5. The fraction of sp³-hybridized carbons (Fsp3) is 0.111. The van der Waals surface area contributed by atoms with Crippen LogP contribution in [0, 0.1) is 6.92 Å². The maximum Gasteiger partial charge on any atom is 0.304 e. The highest BCUT2D eigenvalue weighted by molar-refractivity contribution is 5.91. The Morgan fingerprint density at radius 3 is 3.00 bits per heavy atom. The van der Waals surface area contributed by atoms with E-state index in [1.54, 1.807) is 6.07 Å². The molecule has 1 amide bonds. The summed E-state index contributed by atoms with van der Waals surface area (Å²) in [5, 5.41) is 0. The van der Waals surface area contributed by atoms with Gasteiger partial charge in [-0.15, -0.1) is 0 Å². The summed E-state index contributed by atoms with van der Waals surface area (Å²) in [4.78, 5) is 14.6. The van der Waals surface area contributed by atoms with E-state index in [1.165, 1.54) is 0 Å². The number of carbonyl (C=O) groups is 1. The van der Waals surface area contributed by atoms with E-state index in [0.717, 1.165) is 5.56 Å². The molecule has 1 aromatic carbocycles. The molecule has 2 aromatic rings. The monoisotopic (exact) mass is 176 g/mol. The SMILES string of the molecule is Cc1ccc2nc(C(N)=O)oc2c1. The molecule has 4 nitrogen and oxygen atoms in total. The van der Waals surface area contributed by atoms with E-state index in [9.17, 15) is 4.79 Å². The average Bonchev–Trinajstić information content (AvgIpc) is 2.46. The summed E-state index contributed by atoms with van der Waals surface area (Å²) >= 11 is 0. The van der Waals surface area contributed by atoms with Crippen molar-refractivity contribution in [3.8, 4) is 0 Å². The zero-order valence-corrected chi connectivity index (χ0v) is 7.07. The van der Waals surface area contributed by atoms with Gasteiger partial charge in [-0.05, 0) is 24.6 Å². The molecule has 0 spiro atoms. The molecule has 0 aliphatic carbocycles. The van der Waals surface area contributed by atoms with E-state index in [1.807, 2.05) is 19.1 Å². The number of benzene rings is 1. The lowest BCUT2D eigenvalue weighted by molar-refractivity contribution is 0.0969. The molecular formula is C9H8N2O2. The van der Waals surface area contributed by atoms with Crippen LogP contribution in [0.15, 0.2) is 22.6 Å². The number of fused-ring (bicyclic) bond motifs is 1. The molecule has 2 rings (SSSR count). The molecule has 0 saturated carbocycles. The van der Waals surface area contributed by atoms with Crippen molar-refractivity contribution in [1.82, 2.24) is 4.98 Å². The van der Waals surface area contributed by atoms with Crippen molar-refractivity contribution in [1.29, 1.82) is 0 Å². The fourth-order valence-electron chi connectivity index (χ4n) is 1.14.